The summed E-state index contributed by atoms with van der Waals surface area (Å²) in [6.45, 7) is 0. The summed E-state index contributed by atoms with van der Waals surface area (Å²) in [6, 6.07) is 4.86. The predicted molar refractivity (Wildman–Crippen MR) is 66.1 cm³/mol. The van der Waals surface area contributed by atoms with Crippen molar-refractivity contribution in [2.75, 3.05) is 38.8 Å². The van der Waals surface area contributed by atoms with E-state index in [-0.39, 0.29) is 4.90 Å². The highest BCUT2D eigenvalue weighted by atomic mass is 32.2. The Balaban J connectivity index is 3.48. The van der Waals surface area contributed by atoms with E-state index in [1.54, 1.807) is 31.1 Å². The summed E-state index contributed by atoms with van der Waals surface area (Å²) in [5, 5.41) is 0. The lowest BCUT2D eigenvalue weighted by molar-refractivity contribution is 0.521. The highest BCUT2D eigenvalue weighted by molar-refractivity contribution is 7.89. The van der Waals surface area contributed by atoms with Gasteiger partial charge in [-0.05, 0) is 18.2 Å². The normalized spacial score (nSPS) is 11.8. The van der Waals surface area contributed by atoms with Gasteiger partial charge in [-0.2, -0.15) is 0 Å². The fourth-order valence-electron chi connectivity index (χ4n) is 1.30. The number of hydrogen-bond donors (Lipinski definition) is 1. The Morgan fingerprint density at radius 2 is 1.69 bits per heavy atom. The average Bonchev–Trinajstić information content (AvgIpc) is 2.16. The summed E-state index contributed by atoms with van der Waals surface area (Å²) in [4.78, 5) is 1.97. The molecule has 0 bridgehead atoms. The van der Waals surface area contributed by atoms with E-state index < -0.39 is 10.0 Å². The van der Waals surface area contributed by atoms with Crippen molar-refractivity contribution >= 4 is 21.4 Å². The van der Waals surface area contributed by atoms with Crippen molar-refractivity contribution in [3.63, 3.8) is 0 Å². The minimum Gasteiger partial charge on any atom is -0.399 e. The predicted octanol–water partition coefficient (Wildman–Crippen LogP) is 0.585. The molecule has 0 unspecified atom stereocenters. The van der Waals surface area contributed by atoms with Gasteiger partial charge in [-0.15, -0.1) is 0 Å². The third-order valence-electron chi connectivity index (χ3n) is 2.22. The Bertz CT molecular complexity index is 481. The molecule has 6 heteroatoms. The van der Waals surface area contributed by atoms with E-state index in [9.17, 15) is 8.42 Å². The van der Waals surface area contributed by atoms with E-state index >= 15 is 0 Å². The van der Waals surface area contributed by atoms with E-state index in [0.717, 1.165) is 0 Å². The number of benzene rings is 1. The van der Waals surface area contributed by atoms with Gasteiger partial charge >= 0.3 is 0 Å². The van der Waals surface area contributed by atoms with E-state index in [1.165, 1.54) is 24.5 Å². The van der Waals surface area contributed by atoms with Crippen LogP contribution in [-0.4, -0.2) is 40.9 Å². The zero-order valence-corrected chi connectivity index (χ0v) is 10.7. The van der Waals surface area contributed by atoms with Crippen LogP contribution < -0.4 is 10.6 Å². The quantitative estimate of drug-likeness (QED) is 0.789. The van der Waals surface area contributed by atoms with Gasteiger partial charge in [-0.3, -0.25) is 0 Å². The fourth-order valence-corrected chi connectivity index (χ4v) is 2.50. The van der Waals surface area contributed by atoms with Crippen molar-refractivity contribution in [1.29, 1.82) is 0 Å². The van der Waals surface area contributed by atoms with Crippen LogP contribution in [0.15, 0.2) is 23.1 Å². The second-order valence-electron chi connectivity index (χ2n) is 3.91. The monoisotopic (exact) mass is 243 g/mol. The van der Waals surface area contributed by atoms with Crippen LogP contribution in [0.25, 0.3) is 0 Å². The zero-order valence-electron chi connectivity index (χ0n) is 9.93. The highest BCUT2D eigenvalue weighted by Crippen LogP contribution is 2.27. The van der Waals surface area contributed by atoms with E-state index in [4.69, 9.17) is 5.73 Å². The summed E-state index contributed by atoms with van der Waals surface area (Å²) in [5.41, 5.74) is 6.69. The Kier molecular flexibility index (Phi) is 3.44. The minimum atomic E-state index is -3.46. The minimum absolute atomic E-state index is 0.225. The molecule has 0 atom stereocenters. The van der Waals surface area contributed by atoms with Crippen LogP contribution in [0.5, 0.6) is 0 Å². The van der Waals surface area contributed by atoms with E-state index in [1.807, 2.05) is 0 Å². The smallest absolute Gasteiger partial charge is 0.244 e. The molecule has 1 aromatic rings. The fraction of sp³-hybridized carbons (Fsp3) is 0.400. The molecule has 0 heterocycles. The topological polar surface area (TPSA) is 66.6 Å². The molecular weight excluding hydrogens is 226 g/mol. The molecule has 0 fully saturated rings. The van der Waals surface area contributed by atoms with E-state index in [2.05, 4.69) is 0 Å². The Morgan fingerprint density at radius 1 is 1.12 bits per heavy atom. The van der Waals surface area contributed by atoms with Crippen molar-refractivity contribution in [1.82, 2.24) is 4.31 Å². The molecule has 90 valence electrons. The molecule has 0 aliphatic heterocycles. The van der Waals surface area contributed by atoms with Crippen LogP contribution in [0.2, 0.25) is 0 Å². The van der Waals surface area contributed by atoms with Gasteiger partial charge in [0.15, 0.2) is 0 Å². The number of nitrogen functional groups attached to an aromatic ring is 1. The van der Waals surface area contributed by atoms with Gasteiger partial charge in [0, 0.05) is 33.9 Å². The van der Waals surface area contributed by atoms with Crippen LogP contribution in [0.4, 0.5) is 11.4 Å². The first-order valence-corrected chi connectivity index (χ1v) is 6.20. The maximum absolute atomic E-state index is 12.1. The Labute approximate surface area is 96.5 Å². The molecule has 0 saturated carbocycles. The number of nitrogens with two attached hydrogens (primary N) is 1. The van der Waals surface area contributed by atoms with Crippen molar-refractivity contribution in [2.24, 2.45) is 0 Å². The second kappa shape index (κ2) is 4.31. The summed E-state index contributed by atoms with van der Waals surface area (Å²) >= 11 is 0. The SMILES string of the molecule is CN(C)c1ccc(N)cc1S(=O)(=O)N(C)C. The molecule has 0 amide bonds. The second-order valence-corrected chi connectivity index (χ2v) is 6.03. The third kappa shape index (κ3) is 2.28. The van der Waals surface area contributed by atoms with E-state index in [0.29, 0.717) is 11.4 Å². The largest absolute Gasteiger partial charge is 0.399 e. The van der Waals surface area contributed by atoms with Crippen LogP contribution in [-0.2, 0) is 10.0 Å². The zero-order chi connectivity index (χ0) is 12.5. The van der Waals surface area contributed by atoms with Gasteiger partial charge < -0.3 is 10.6 Å². The van der Waals surface area contributed by atoms with Crippen LogP contribution >= 0.6 is 0 Å². The lowest BCUT2D eigenvalue weighted by Crippen LogP contribution is -2.25. The molecule has 1 rings (SSSR count). The molecule has 5 nitrogen and oxygen atoms in total. The van der Waals surface area contributed by atoms with Crippen molar-refractivity contribution in [2.45, 2.75) is 4.90 Å². The standard InChI is InChI=1S/C10H17N3O2S/c1-12(2)9-6-5-8(11)7-10(9)16(14,15)13(3)4/h5-7H,11H2,1-4H3. The molecule has 0 saturated heterocycles. The lowest BCUT2D eigenvalue weighted by Gasteiger charge is -2.20. The van der Waals surface area contributed by atoms with Gasteiger partial charge in [0.25, 0.3) is 0 Å². The van der Waals surface area contributed by atoms with Gasteiger partial charge in [0.1, 0.15) is 4.90 Å². The Hall–Kier alpha value is -1.27. The first kappa shape index (κ1) is 12.8. The van der Waals surface area contributed by atoms with Crippen LogP contribution in [0.3, 0.4) is 0 Å². The molecule has 0 radical (unpaired) electrons. The molecular formula is C10H17N3O2S. The van der Waals surface area contributed by atoms with Crippen molar-refractivity contribution in [3.05, 3.63) is 18.2 Å². The molecule has 2 N–H and O–H groups in total. The number of sulfonamides is 1. The summed E-state index contributed by atoms with van der Waals surface area (Å²) in [5.74, 6) is 0. The third-order valence-corrected chi connectivity index (χ3v) is 4.07. The number of rotatable bonds is 3. The molecule has 0 aromatic heterocycles. The van der Waals surface area contributed by atoms with Gasteiger partial charge in [-0.1, -0.05) is 0 Å². The van der Waals surface area contributed by atoms with Crippen LogP contribution in [0.1, 0.15) is 0 Å². The molecule has 1 aromatic carbocycles. The number of hydrogen-bond acceptors (Lipinski definition) is 4. The Morgan fingerprint density at radius 3 is 2.12 bits per heavy atom. The van der Waals surface area contributed by atoms with Gasteiger partial charge in [0.05, 0.1) is 5.69 Å². The molecule has 0 spiro atoms. The average molecular weight is 243 g/mol. The summed E-state index contributed by atoms with van der Waals surface area (Å²) in [6.07, 6.45) is 0. The van der Waals surface area contributed by atoms with Crippen molar-refractivity contribution in [3.8, 4) is 0 Å². The van der Waals surface area contributed by atoms with Gasteiger partial charge in [0.2, 0.25) is 10.0 Å². The molecule has 16 heavy (non-hydrogen) atoms. The maximum atomic E-state index is 12.1. The summed E-state index contributed by atoms with van der Waals surface area (Å²) in [7, 11) is 3.12. The van der Waals surface area contributed by atoms with Gasteiger partial charge in [-0.25, -0.2) is 12.7 Å². The maximum Gasteiger partial charge on any atom is 0.244 e. The summed E-state index contributed by atoms with van der Waals surface area (Å²) < 4.78 is 25.3. The number of nitrogens with zero attached hydrogens (tertiary/aromatic N) is 2. The first-order valence-electron chi connectivity index (χ1n) is 4.76. The van der Waals surface area contributed by atoms with Crippen molar-refractivity contribution < 1.29 is 8.42 Å². The molecule has 0 aliphatic carbocycles. The van der Waals surface area contributed by atoms with Crippen LogP contribution in [0, 0.1) is 0 Å². The number of anilines is 2. The first-order chi connectivity index (χ1) is 7.26. The lowest BCUT2D eigenvalue weighted by atomic mass is 10.3. The molecule has 0 aliphatic rings. The highest BCUT2D eigenvalue weighted by Gasteiger charge is 2.22.